The van der Waals surface area contributed by atoms with E-state index in [4.69, 9.17) is 9.47 Å². The topological polar surface area (TPSA) is 52.6 Å². The van der Waals surface area contributed by atoms with Crippen molar-refractivity contribution in [3.8, 4) is 0 Å². The molecule has 0 N–H and O–H groups in total. The molecule has 0 aromatic heterocycles. The minimum Gasteiger partial charge on any atom is -0.364 e. The van der Waals surface area contributed by atoms with Gasteiger partial charge < -0.3 is 9.47 Å². The van der Waals surface area contributed by atoms with Crippen LogP contribution in [-0.2, 0) is 19.1 Å². The second-order valence-electron chi connectivity index (χ2n) is 20.1. The molecular weight excluding hydrogens is 641 g/mol. The maximum atomic E-state index is 12.0. The Morgan fingerprint density at radius 1 is 0.596 bits per heavy atom. The molecule has 2 aliphatic heterocycles. The molecule has 52 heavy (non-hydrogen) atoms. The summed E-state index contributed by atoms with van der Waals surface area (Å²) in [5.74, 6) is 0.657. The Kier molecular flexibility index (Phi) is 11.5. The van der Waals surface area contributed by atoms with Crippen molar-refractivity contribution in [1.82, 2.24) is 0 Å². The first-order chi connectivity index (χ1) is 23.1. The summed E-state index contributed by atoms with van der Waals surface area (Å²) in [6.45, 7) is 48.9. The number of carbonyl (C=O) groups is 2. The maximum Gasteiger partial charge on any atom is 0.160 e. The van der Waals surface area contributed by atoms with Crippen LogP contribution in [0, 0.1) is 28.1 Å². The first-order valence-electron chi connectivity index (χ1n) is 19.4. The van der Waals surface area contributed by atoms with Gasteiger partial charge in [-0.05, 0) is 157 Å². The number of carbonyl (C=O) groups excluding carboxylic acids is 2. The summed E-state index contributed by atoms with van der Waals surface area (Å²) in [5.41, 5.74) is 13.3. The third-order valence-electron chi connectivity index (χ3n) is 13.5. The first-order valence-corrected chi connectivity index (χ1v) is 19.4. The number of Topliss-reactive ketones (excluding diaryl/α,β-unsaturated/α-hetero) is 2. The summed E-state index contributed by atoms with van der Waals surface area (Å²) < 4.78 is 12.6. The average Bonchev–Trinajstić information content (AvgIpc) is 3.48. The van der Waals surface area contributed by atoms with E-state index in [9.17, 15) is 9.59 Å². The average molecular weight is 715 g/mol. The van der Waals surface area contributed by atoms with Crippen LogP contribution >= 0.6 is 0 Å². The molecule has 1 saturated heterocycles. The molecule has 0 aromatic rings. The molecule has 0 bridgehead atoms. The number of hydrogen-bond acceptors (Lipinski definition) is 4. The fraction of sp³-hybridized carbons (Fsp3) is 0.667. The van der Waals surface area contributed by atoms with Crippen molar-refractivity contribution in [2.75, 3.05) is 0 Å². The predicted octanol–water partition coefficient (Wildman–Crippen LogP) is 12.8. The summed E-state index contributed by atoms with van der Waals surface area (Å²) in [5, 5.41) is 0. The first kappa shape index (κ1) is 43.8. The van der Waals surface area contributed by atoms with Crippen molar-refractivity contribution >= 4 is 11.6 Å². The molecule has 0 aromatic carbocycles. The van der Waals surface area contributed by atoms with E-state index in [1.165, 1.54) is 50.2 Å². The van der Waals surface area contributed by atoms with E-state index < -0.39 is 0 Å². The maximum absolute atomic E-state index is 12.0. The molecule has 0 amide bonds. The van der Waals surface area contributed by atoms with Gasteiger partial charge in [0.25, 0.3) is 0 Å². The van der Waals surface area contributed by atoms with Crippen LogP contribution in [0.1, 0.15) is 159 Å². The van der Waals surface area contributed by atoms with Crippen LogP contribution < -0.4 is 0 Å². The largest absolute Gasteiger partial charge is 0.364 e. The Morgan fingerprint density at radius 2 is 1.08 bits per heavy atom. The van der Waals surface area contributed by atoms with Gasteiger partial charge in [0.15, 0.2) is 5.78 Å². The summed E-state index contributed by atoms with van der Waals surface area (Å²) in [4.78, 5) is 23.8. The van der Waals surface area contributed by atoms with Gasteiger partial charge in [0, 0.05) is 22.3 Å². The molecular formula is C48H74O4. The highest BCUT2D eigenvalue weighted by Crippen LogP contribution is 2.61. The van der Waals surface area contributed by atoms with E-state index in [1.807, 2.05) is 27.7 Å². The van der Waals surface area contributed by atoms with Crippen molar-refractivity contribution in [3.05, 3.63) is 79.5 Å². The number of fused-ring (bicyclic) bond motifs is 1. The lowest BCUT2D eigenvalue weighted by Gasteiger charge is -2.36. The molecule has 4 nitrogen and oxygen atoms in total. The third-order valence-corrected chi connectivity index (χ3v) is 13.5. The molecule has 3 unspecified atom stereocenters. The van der Waals surface area contributed by atoms with Gasteiger partial charge in [0.05, 0.1) is 28.3 Å². The van der Waals surface area contributed by atoms with Gasteiger partial charge in [-0.25, -0.2) is 0 Å². The van der Waals surface area contributed by atoms with E-state index in [0.717, 1.165) is 11.1 Å². The van der Waals surface area contributed by atoms with Gasteiger partial charge in [-0.1, -0.05) is 82.1 Å². The molecule has 2 heterocycles. The second kappa shape index (κ2) is 13.6. The predicted molar refractivity (Wildman–Crippen MR) is 220 cm³/mol. The van der Waals surface area contributed by atoms with Crippen LogP contribution in [0.3, 0.4) is 0 Å². The van der Waals surface area contributed by atoms with Crippen molar-refractivity contribution in [1.29, 1.82) is 0 Å². The van der Waals surface area contributed by atoms with Crippen LogP contribution in [0.4, 0.5) is 0 Å². The van der Waals surface area contributed by atoms with Crippen molar-refractivity contribution in [2.24, 2.45) is 28.1 Å². The monoisotopic (exact) mass is 715 g/mol. The van der Waals surface area contributed by atoms with Crippen molar-refractivity contribution < 1.29 is 19.1 Å². The van der Waals surface area contributed by atoms with Crippen LogP contribution in [0.2, 0.25) is 0 Å². The molecule has 5 aliphatic rings. The van der Waals surface area contributed by atoms with Gasteiger partial charge in [0.1, 0.15) is 5.78 Å². The minimum absolute atomic E-state index is 0.0116. The Bertz CT molecular complexity index is 1760. The van der Waals surface area contributed by atoms with Crippen LogP contribution in [0.25, 0.3) is 0 Å². The Labute approximate surface area is 319 Å². The molecule has 0 spiro atoms. The van der Waals surface area contributed by atoms with E-state index in [2.05, 4.69) is 136 Å². The molecule has 0 radical (unpaired) electrons. The molecule has 3 atom stereocenters. The minimum atomic E-state index is -0.361. The molecule has 0 saturated carbocycles. The number of ether oxygens (including phenoxy) is 2. The van der Waals surface area contributed by atoms with Gasteiger partial charge in [-0.2, -0.15) is 0 Å². The lowest BCUT2D eigenvalue weighted by atomic mass is 9.64. The number of allylic oxidation sites excluding steroid dienone is 10. The quantitative estimate of drug-likeness (QED) is 0.215. The normalized spacial score (nSPS) is 29.8. The third kappa shape index (κ3) is 7.29. The van der Waals surface area contributed by atoms with Gasteiger partial charge in [-0.3, -0.25) is 9.59 Å². The molecule has 290 valence electrons. The highest BCUT2D eigenvalue weighted by molar-refractivity contribution is 5.99. The smallest absolute Gasteiger partial charge is 0.160 e. The Balaban J connectivity index is 0.000000211. The highest BCUT2D eigenvalue weighted by atomic mass is 16.5. The number of rotatable bonds is 4. The number of ketones is 2. The summed E-state index contributed by atoms with van der Waals surface area (Å²) >= 11 is 0. The summed E-state index contributed by atoms with van der Waals surface area (Å²) in [6.07, 6.45) is 6.75. The zero-order valence-corrected chi connectivity index (χ0v) is 37.5. The molecule has 1 fully saturated rings. The SMILES string of the molecule is CC(=O)C(=C(C)C)C1=C(C)C=C(C)C1(C)C.CC(=O)C1C2C(C)(C=C(C)C2(C)C)OC1(C)C.CC1=CC(C)=C(C2=C(C)C(C)(C)OC2(C)C)C1(C)C. The van der Waals surface area contributed by atoms with Crippen LogP contribution in [0.5, 0.6) is 0 Å². The van der Waals surface area contributed by atoms with E-state index in [-0.39, 0.29) is 62.1 Å². The fourth-order valence-corrected chi connectivity index (χ4v) is 10.6. The van der Waals surface area contributed by atoms with Crippen molar-refractivity contribution in [3.63, 3.8) is 0 Å². The van der Waals surface area contributed by atoms with Gasteiger partial charge >= 0.3 is 0 Å². The standard InChI is InChI=1S/C18H28O.C15H24O2.C15H22O/c1-11-10-12(2)16(4,5)14(11)15-13(3)17(6,7)19-18(15,8)9;1-9-8-15(7)12(13(9,3)4)11(10(2)16)14(5,6)17-15;1-9(2)13(12(5)16)14-10(3)8-11(4)15(14,6)7/h10H,1-9H3;8,11-12H,1-7H3;8H,1-7H3. The Hall–Kier alpha value is -2.56. The zero-order chi connectivity index (χ0) is 40.7. The molecule has 4 heteroatoms. The van der Waals surface area contributed by atoms with E-state index in [1.54, 1.807) is 13.8 Å². The van der Waals surface area contributed by atoms with Crippen molar-refractivity contribution in [2.45, 2.75) is 182 Å². The van der Waals surface area contributed by atoms with Gasteiger partial charge in [-0.15, -0.1) is 0 Å². The van der Waals surface area contributed by atoms with E-state index >= 15 is 0 Å². The Morgan fingerprint density at radius 3 is 1.42 bits per heavy atom. The lowest BCUT2D eigenvalue weighted by molar-refractivity contribution is -0.127. The molecule has 3 aliphatic carbocycles. The highest BCUT2D eigenvalue weighted by Gasteiger charge is 2.64. The van der Waals surface area contributed by atoms with E-state index in [0.29, 0.717) is 0 Å². The number of hydrogen-bond donors (Lipinski definition) is 0. The summed E-state index contributed by atoms with van der Waals surface area (Å²) in [6, 6.07) is 0. The summed E-state index contributed by atoms with van der Waals surface area (Å²) in [7, 11) is 0. The van der Waals surface area contributed by atoms with Crippen LogP contribution in [0.15, 0.2) is 79.5 Å². The van der Waals surface area contributed by atoms with Gasteiger partial charge in [0.2, 0.25) is 0 Å². The van der Waals surface area contributed by atoms with Crippen LogP contribution in [-0.4, -0.2) is 34.0 Å². The second-order valence-corrected chi connectivity index (χ2v) is 20.1. The fourth-order valence-electron chi connectivity index (χ4n) is 10.6. The lowest BCUT2D eigenvalue weighted by Crippen LogP contribution is -2.41. The molecule has 5 rings (SSSR count). The zero-order valence-electron chi connectivity index (χ0n) is 37.5.